The smallest absolute Gasteiger partial charge is 0.137 e. The molecule has 0 fully saturated rings. The molecule has 0 spiro atoms. The summed E-state index contributed by atoms with van der Waals surface area (Å²) >= 11 is 0. The summed E-state index contributed by atoms with van der Waals surface area (Å²) in [5.41, 5.74) is 8.89. The molecule has 3 nitrogen and oxygen atoms in total. The first-order valence-corrected chi connectivity index (χ1v) is 4.51. The summed E-state index contributed by atoms with van der Waals surface area (Å²) in [4.78, 5) is 4.48. The molecule has 2 heterocycles. The van der Waals surface area contributed by atoms with Crippen molar-refractivity contribution in [3.63, 3.8) is 0 Å². The number of rotatable bonds is 2. The van der Waals surface area contributed by atoms with Gasteiger partial charge in [0.2, 0.25) is 0 Å². The summed E-state index contributed by atoms with van der Waals surface area (Å²) < 4.78 is 2.05. The van der Waals surface area contributed by atoms with Gasteiger partial charge in [0.25, 0.3) is 0 Å². The van der Waals surface area contributed by atoms with Crippen molar-refractivity contribution >= 4 is 5.65 Å². The largest absolute Gasteiger partial charge is 0.325 e. The van der Waals surface area contributed by atoms with Crippen molar-refractivity contribution in [2.45, 2.75) is 19.9 Å². The zero-order chi connectivity index (χ0) is 9.26. The summed E-state index contributed by atoms with van der Waals surface area (Å²) in [6.07, 6.45) is 2.94. The summed E-state index contributed by atoms with van der Waals surface area (Å²) in [5, 5.41) is 0. The highest BCUT2D eigenvalue weighted by Crippen LogP contribution is 2.11. The SMILES string of the molecule is CCc1nc2ccccn2c1CN. The number of hydrogen-bond acceptors (Lipinski definition) is 2. The number of imidazole rings is 1. The number of pyridine rings is 1. The molecule has 0 aromatic carbocycles. The Morgan fingerprint density at radius 3 is 3.00 bits per heavy atom. The molecule has 0 radical (unpaired) electrons. The van der Waals surface area contributed by atoms with Gasteiger partial charge in [0.15, 0.2) is 0 Å². The van der Waals surface area contributed by atoms with E-state index in [4.69, 9.17) is 5.73 Å². The predicted octanol–water partition coefficient (Wildman–Crippen LogP) is 1.36. The molecule has 0 unspecified atom stereocenters. The summed E-state index contributed by atoms with van der Waals surface area (Å²) in [6.45, 7) is 2.65. The van der Waals surface area contributed by atoms with E-state index in [2.05, 4.69) is 16.3 Å². The maximum Gasteiger partial charge on any atom is 0.137 e. The van der Waals surface area contributed by atoms with Crippen molar-refractivity contribution in [2.24, 2.45) is 5.73 Å². The van der Waals surface area contributed by atoms with Gasteiger partial charge in [0, 0.05) is 12.7 Å². The molecule has 2 aromatic rings. The summed E-state index contributed by atoms with van der Waals surface area (Å²) in [7, 11) is 0. The lowest BCUT2D eigenvalue weighted by Crippen LogP contribution is -2.03. The molecular weight excluding hydrogens is 162 g/mol. The Morgan fingerprint density at radius 2 is 2.31 bits per heavy atom. The van der Waals surface area contributed by atoms with Crippen LogP contribution in [0.2, 0.25) is 0 Å². The molecule has 0 aliphatic carbocycles. The molecule has 0 aliphatic rings. The van der Waals surface area contributed by atoms with Gasteiger partial charge in [-0.3, -0.25) is 0 Å². The van der Waals surface area contributed by atoms with Crippen LogP contribution in [0.5, 0.6) is 0 Å². The van der Waals surface area contributed by atoms with E-state index < -0.39 is 0 Å². The van der Waals surface area contributed by atoms with E-state index in [9.17, 15) is 0 Å². The van der Waals surface area contributed by atoms with E-state index in [1.165, 1.54) is 0 Å². The molecule has 0 bridgehead atoms. The highest BCUT2D eigenvalue weighted by Gasteiger charge is 2.07. The van der Waals surface area contributed by atoms with Crippen LogP contribution in [-0.2, 0) is 13.0 Å². The highest BCUT2D eigenvalue weighted by molar-refractivity contribution is 5.43. The minimum Gasteiger partial charge on any atom is -0.325 e. The van der Waals surface area contributed by atoms with Crippen molar-refractivity contribution in [3.8, 4) is 0 Å². The monoisotopic (exact) mass is 175 g/mol. The van der Waals surface area contributed by atoms with Crippen molar-refractivity contribution < 1.29 is 0 Å². The van der Waals surface area contributed by atoms with Crippen LogP contribution in [-0.4, -0.2) is 9.38 Å². The van der Waals surface area contributed by atoms with E-state index in [1.54, 1.807) is 0 Å². The van der Waals surface area contributed by atoms with Crippen LogP contribution in [0.1, 0.15) is 18.3 Å². The van der Waals surface area contributed by atoms with Crippen molar-refractivity contribution in [1.29, 1.82) is 0 Å². The van der Waals surface area contributed by atoms with E-state index in [-0.39, 0.29) is 0 Å². The van der Waals surface area contributed by atoms with E-state index in [0.29, 0.717) is 6.54 Å². The molecule has 0 amide bonds. The Balaban J connectivity index is 2.73. The van der Waals surface area contributed by atoms with E-state index >= 15 is 0 Å². The third-order valence-corrected chi connectivity index (χ3v) is 2.24. The number of hydrogen-bond donors (Lipinski definition) is 1. The van der Waals surface area contributed by atoms with Crippen LogP contribution in [0, 0.1) is 0 Å². The molecule has 13 heavy (non-hydrogen) atoms. The van der Waals surface area contributed by atoms with Gasteiger partial charge in [-0.1, -0.05) is 13.0 Å². The lowest BCUT2D eigenvalue weighted by atomic mass is 10.2. The van der Waals surface area contributed by atoms with Gasteiger partial charge in [0.1, 0.15) is 5.65 Å². The van der Waals surface area contributed by atoms with Crippen LogP contribution in [0.4, 0.5) is 0 Å². The third kappa shape index (κ3) is 1.21. The number of nitrogens with two attached hydrogens (primary N) is 1. The van der Waals surface area contributed by atoms with Gasteiger partial charge < -0.3 is 10.1 Å². The van der Waals surface area contributed by atoms with Crippen LogP contribution in [0.3, 0.4) is 0 Å². The lowest BCUT2D eigenvalue weighted by Gasteiger charge is -1.98. The molecule has 0 saturated heterocycles. The quantitative estimate of drug-likeness (QED) is 0.748. The van der Waals surface area contributed by atoms with Gasteiger partial charge >= 0.3 is 0 Å². The number of nitrogens with zero attached hydrogens (tertiary/aromatic N) is 2. The van der Waals surface area contributed by atoms with Crippen LogP contribution in [0.15, 0.2) is 24.4 Å². The van der Waals surface area contributed by atoms with E-state index in [0.717, 1.165) is 23.5 Å². The molecule has 68 valence electrons. The fourth-order valence-electron chi connectivity index (χ4n) is 1.59. The first-order valence-electron chi connectivity index (χ1n) is 4.51. The minimum absolute atomic E-state index is 0.550. The Bertz CT molecular complexity index is 417. The lowest BCUT2D eigenvalue weighted by molar-refractivity contribution is 0.916. The number of aryl methyl sites for hydroxylation is 1. The van der Waals surface area contributed by atoms with Crippen LogP contribution < -0.4 is 5.73 Å². The van der Waals surface area contributed by atoms with Crippen molar-refractivity contribution in [1.82, 2.24) is 9.38 Å². The summed E-state index contributed by atoms with van der Waals surface area (Å²) in [5.74, 6) is 0. The van der Waals surface area contributed by atoms with Gasteiger partial charge in [-0.25, -0.2) is 4.98 Å². The first kappa shape index (κ1) is 8.26. The van der Waals surface area contributed by atoms with Gasteiger partial charge in [-0.15, -0.1) is 0 Å². The second kappa shape index (κ2) is 3.18. The Labute approximate surface area is 77.2 Å². The molecule has 2 rings (SSSR count). The molecule has 2 aromatic heterocycles. The fourth-order valence-corrected chi connectivity index (χ4v) is 1.59. The second-order valence-electron chi connectivity index (χ2n) is 2.99. The zero-order valence-electron chi connectivity index (χ0n) is 7.70. The second-order valence-corrected chi connectivity index (χ2v) is 2.99. The molecule has 0 aliphatic heterocycles. The topological polar surface area (TPSA) is 43.3 Å². The maximum atomic E-state index is 5.68. The van der Waals surface area contributed by atoms with Crippen molar-refractivity contribution in [3.05, 3.63) is 35.8 Å². The third-order valence-electron chi connectivity index (χ3n) is 2.24. The van der Waals surface area contributed by atoms with Gasteiger partial charge in [-0.05, 0) is 18.6 Å². The fraction of sp³-hybridized carbons (Fsp3) is 0.300. The number of aromatic nitrogens is 2. The summed E-state index contributed by atoms with van der Waals surface area (Å²) in [6, 6.07) is 5.98. The maximum absolute atomic E-state index is 5.68. The molecule has 0 saturated carbocycles. The predicted molar refractivity (Wildman–Crippen MR) is 52.5 cm³/mol. The zero-order valence-corrected chi connectivity index (χ0v) is 7.70. The molecule has 0 atom stereocenters. The number of fused-ring (bicyclic) bond motifs is 1. The Hall–Kier alpha value is -1.35. The molecule has 2 N–H and O–H groups in total. The van der Waals surface area contributed by atoms with E-state index in [1.807, 2.05) is 24.4 Å². The Kier molecular flexibility index (Phi) is 2.02. The highest BCUT2D eigenvalue weighted by atomic mass is 15.0. The Morgan fingerprint density at radius 1 is 1.46 bits per heavy atom. The standard InChI is InChI=1S/C10H13N3/c1-2-8-9(7-11)13-6-4-3-5-10(13)12-8/h3-6H,2,7,11H2,1H3. The average molecular weight is 175 g/mol. The van der Waals surface area contributed by atoms with Crippen LogP contribution >= 0.6 is 0 Å². The minimum atomic E-state index is 0.550. The molecular formula is C10H13N3. The molecule has 3 heteroatoms. The van der Waals surface area contributed by atoms with Crippen molar-refractivity contribution in [2.75, 3.05) is 0 Å². The van der Waals surface area contributed by atoms with Gasteiger partial charge in [0.05, 0.1) is 11.4 Å². The van der Waals surface area contributed by atoms with Crippen LogP contribution in [0.25, 0.3) is 5.65 Å². The van der Waals surface area contributed by atoms with Gasteiger partial charge in [-0.2, -0.15) is 0 Å². The first-order chi connectivity index (χ1) is 6.36. The average Bonchev–Trinajstić information content (AvgIpc) is 2.55. The normalized spacial score (nSPS) is 10.9.